The second-order valence-electron chi connectivity index (χ2n) is 4.25. The van der Waals surface area contributed by atoms with Crippen LogP contribution in [-0.4, -0.2) is 34.5 Å². The minimum Gasteiger partial charge on any atom is -0.480 e. The van der Waals surface area contributed by atoms with Gasteiger partial charge in [-0.15, -0.1) is 0 Å². The quantitative estimate of drug-likeness (QED) is 0.893. The van der Waals surface area contributed by atoms with Crippen molar-refractivity contribution in [2.24, 2.45) is 0 Å². The van der Waals surface area contributed by atoms with Crippen LogP contribution in [0.2, 0.25) is 0 Å². The monoisotopic (exact) mass is 253 g/mol. The first-order valence-corrected chi connectivity index (χ1v) is 6.66. The third-order valence-corrected chi connectivity index (χ3v) is 3.78. The number of aliphatic carboxylic acids is 1. The van der Waals surface area contributed by atoms with Crippen molar-refractivity contribution >= 4 is 23.2 Å². The molecular formula is C12H15NO3S. The number of likely N-dealkylation sites (tertiary alicyclic amines) is 1. The average Bonchev–Trinajstić information content (AvgIpc) is 2.81. The second-order valence-corrected chi connectivity index (χ2v) is 5.03. The topological polar surface area (TPSA) is 57.6 Å². The van der Waals surface area contributed by atoms with E-state index in [4.69, 9.17) is 5.11 Å². The normalized spacial score (nSPS) is 20.2. The molecule has 1 aromatic rings. The van der Waals surface area contributed by atoms with Crippen molar-refractivity contribution in [3.05, 3.63) is 22.4 Å². The fourth-order valence-corrected chi connectivity index (χ4v) is 2.82. The third-order valence-electron chi connectivity index (χ3n) is 3.04. The fourth-order valence-electron chi connectivity index (χ4n) is 2.16. The van der Waals surface area contributed by atoms with E-state index in [0.29, 0.717) is 19.4 Å². The molecule has 5 heteroatoms. The summed E-state index contributed by atoms with van der Waals surface area (Å²) in [5.41, 5.74) is 0.967. The van der Waals surface area contributed by atoms with Crippen LogP contribution in [0.15, 0.2) is 16.8 Å². The first-order valence-electron chi connectivity index (χ1n) is 5.72. The Morgan fingerprint density at radius 1 is 1.47 bits per heavy atom. The maximum atomic E-state index is 12.0. The highest BCUT2D eigenvalue weighted by Gasteiger charge is 2.31. The summed E-state index contributed by atoms with van der Waals surface area (Å²) < 4.78 is 0. The first-order chi connectivity index (χ1) is 8.18. The number of carbonyl (C=O) groups is 2. The van der Waals surface area contributed by atoms with Gasteiger partial charge in [0.05, 0.1) is 6.42 Å². The highest BCUT2D eigenvalue weighted by molar-refractivity contribution is 7.07. The lowest BCUT2D eigenvalue weighted by molar-refractivity contribution is -0.151. The van der Waals surface area contributed by atoms with E-state index in [1.54, 1.807) is 11.3 Å². The van der Waals surface area contributed by atoms with Crippen molar-refractivity contribution in [3.63, 3.8) is 0 Å². The van der Waals surface area contributed by atoms with Gasteiger partial charge < -0.3 is 10.0 Å². The van der Waals surface area contributed by atoms with Gasteiger partial charge in [0.25, 0.3) is 0 Å². The maximum Gasteiger partial charge on any atom is 0.326 e. The molecule has 1 fully saturated rings. The lowest BCUT2D eigenvalue weighted by atomic mass is 10.0. The molecule has 1 N–H and O–H groups in total. The van der Waals surface area contributed by atoms with Crippen LogP contribution in [0.1, 0.15) is 24.8 Å². The van der Waals surface area contributed by atoms with E-state index < -0.39 is 12.0 Å². The zero-order valence-electron chi connectivity index (χ0n) is 9.46. The van der Waals surface area contributed by atoms with Gasteiger partial charge in [0.15, 0.2) is 0 Å². The van der Waals surface area contributed by atoms with E-state index >= 15 is 0 Å². The SMILES string of the molecule is O=C(O)[C@H]1CCCCN1C(=O)Cc1ccsc1. The number of piperidine rings is 1. The van der Waals surface area contributed by atoms with Crippen molar-refractivity contribution in [2.75, 3.05) is 6.54 Å². The van der Waals surface area contributed by atoms with Crippen LogP contribution in [0.5, 0.6) is 0 Å². The molecule has 4 nitrogen and oxygen atoms in total. The Morgan fingerprint density at radius 3 is 2.94 bits per heavy atom. The molecule has 1 aromatic heterocycles. The predicted octanol–water partition coefficient (Wildman–Crippen LogP) is 1.76. The lowest BCUT2D eigenvalue weighted by Crippen LogP contribution is -2.48. The molecule has 0 aromatic carbocycles. The highest BCUT2D eigenvalue weighted by atomic mass is 32.1. The van der Waals surface area contributed by atoms with Gasteiger partial charge in [0.1, 0.15) is 6.04 Å². The Balaban J connectivity index is 2.03. The van der Waals surface area contributed by atoms with Gasteiger partial charge in [-0.3, -0.25) is 4.79 Å². The maximum absolute atomic E-state index is 12.0. The summed E-state index contributed by atoms with van der Waals surface area (Å²) in [6, 6.07) is 1.28. The molecule has 1 aliphatic heterocycles. The largest absolute Gasteiger partial charge is 0.480 e. The Bertz CT molecular complexity index is 402. The first kappa shape index (κ1) is 12.1. The number of carboxylic acid groups (broad SMARTS) is 1. The Hall–Kier alpha value is -1.36. The summed E-state index contributed by atoms with van der Waals surface area (Å²) in [5, 5.41) is 12.9. The Kier molecular flexibility index (Phi) is 3.78. The molecule has 0 spiro atoms. The molecule has 0 aliphatic carbocycles. The summed E-state index contributed by atoms with van der Waals surface area (Å²) >= 11 is 1.55. The zero-order valence-corrected chi connectivity index (χ0v) is 10.3. The van der Waals surface area contributed by atoms with Crippen LogP contribution in [-0.2, 0) is 16.0 Å². The molecule has 92 valence electrons. The van der Waals surface area contributed by atoms with E-state index in [9.17, 15) is 9.59 Å². The number of hydrogen-bond acceptors (Lipinski definition) is 3. The summed E-state index contributed by atoms with van der Waals surface area (Å²) in [6.45, 7) is 0.569. The van der Waals surface area contributed by atoms with Crippen molar-refractivity contribution in [2.45, 2.75) is 31.7 Å². The van der Waals surface area contributed by atoms with Gasteiger partial charge in [-0.1, -0.05) is 0 Å². The summed E-state index contributed by atoms with van der Waals surface area (Å²) in [7, 11) is 0. The van der Waals surface area contributed by atoms with Gasteiger partial charge in [-0.05, 0) is 41.7 Å². The third kappa shape index (κ3) is 2.85. The highest BCUT2D eigenvalue weighted by Crippen LogP contribution is 2.19. The van der Waals surface area contributed by atoms with E-state index in [0.717, 1.165) is 18.4 Å². The van der Waals surface area contributed by atoms with E-state index in [1.165, 1.54) is 4.90 Å². The van der Waals surface area contributed by atoms with Gasteiger partial charge in [0, 0.05) is 6.54 Å². The number of hydrogen-bond donors (Lipinski definition) is 1. The predicted molar refractivity (Wildman–Crippen MR) is 65.0 cm³/mol. The van der Waals surface area contributed by atoms with Crippen molar-refractivity contribution in [1.82, 2.24) is 4.90 Å². The number of amides is 1. The van der Waals surface area contributed by atoms with Crippen LogP contribution >= 0.6 is 11.3 Å². The molecule has 0 saturated carbocycles. The minimum atomic E-state index is -0.886. The molecule has 1 atom stereocenters. The van der Waals surface area contributed by atoms with Crippen LogP contribution in [0.4, 0.5) is 0 Å². The molecule has 0 unspecified atom stereocenters. The molecule has 1 aliphatic rings. The molecule has 0 radical (unpaired) electrons. The minimum absolute atomic E-state index is 0.0736. The van der Waals surface area contributed by atoms with Crippen LogP contribution in [0, 0.1) is 0 Å². The molecule has 1 saturated heterocycles. The van der Waals surface area contributed by atoms with E-state index in [1.807, 2.05) is 16.8 Å². The second kappa shape index (κ2) is 5.31. The molecule has 2 rings (SSSR count). The van der Waals surface area contributed by atoms with Crippen LogP contribution in [0.25, 0.3) is 0 Å². The molecule has 0 bridgehead atoms. The summed E-state index contributed by atoms with van der Waals surface area (Å²) in [6.07, 6.45) is 2.68. The van der Waals surface area contributed by atoms with Gasteiger partial charge in [0.2, 0.25) is 5.91 Å². The molecule has 2 heterocycles. The average molecular weight is 253 g/mol. The molecular weight excluding hydrogens is 238 g/mol. The number of rotatable bonds is 3. The Morgan fingerprint density at radius 2 is 2.29 bits per heavy atom. The fraction of sp³-hybridized carbons (Fsp3) is 0.500. The van der Waals surface area contributed by atoms with Gasteiger partial charge >= 0.3 is 5.97 Å². The number of thiophene rings is 1. The van der Waals surface area contributed by atoms with Crippen LogP contribution < -0.4 is 0 Å². The zero-order chi connectivity index (χ0) is 12.3. The molecule has 1 amide bonds. The standard InChI is InChI=1S/C12H15NO3S/c14-11(7-9-4-6-17-8-9)13-5-2-1-3-10(13)12(15)16/h4,6,8,10H,1-3,5,7H2,(H,15,16)/t10-/m1/s1. The number of carboxylic acids is 1. The van der Waals surface area contributed by atoms with E-state index in [-0.39, 0.29) is 5.91 Å². The van der Waals surface area contributed by atoms with Crippen LogP contribution in [0.3, 0.4) is 0 Å². The Labute approximate surface area is 104 Å². The van der Waals surface area contributed by atoms with Crippen molar-refractivity contribution in [1.29, 1.82) is 0 Å². The summed E-state index contributed by atoms with van der Waals surface area (Å²) in [4.78, 5) is 24.6. The summed E-state index contributed by atoms with van der Waals surface area (Å²) in [5.74, 6) is -0.959. The van der Waals surface area contributed by atoms with Gasteiger partial charge in [-0.25, -0.2) is 4.79 Å². The van der Waals surface area contributed by atoms with Crippen molar-refractivity contribution < 1.29 is 14.7 Å². The number of carbonyl (C=O) groups excluding carboxylic acids is 1. The van der Waals surface area contributed by atoms with Gasteiger partial charge in [-0.2, -0.15) is 11.3 Å². The molecule has 17 heavy (non-hydrogen) atoms. The smallest absolute Gasteiger partial charge is 0.326 e. The van der Waals surface area contributed by atoms with Crippen molar-refractivity contribution in [3.8, 4) is 0 Å². The van der Waals surface area contributed by atoms with E-state index in [2.05, 4.69) is 0 Å². The lowest BCUT2D eigenvalue weighted by Gasteiger charge is -2.32. The number of nitrogens with zero attached hydrogens (tertiary/aromatic N) is 1.